The summed E-state index contributed by atoms with van der Waals surface area (Å²) >= 11 is 0. The highest BCUT2D eigenvalue weighted by atomic mass is 16.2. The molecule has 1 fully saturated rings. The molecule has 2 aliphatic heterocycles. The van der Waals surface area contributed by atoms with E-state index in [4.69, 9.17) is 0 Å². The number of urea groups is 1. The first kappa shape index (κ1) is 25.5. The molecule has 190 valence electrons. The smallest absolute Gasteiger partial charge is 0.329 e. The highest BCUT2D eigenvalue weighted by molar-refractivity contribution is 6.16. The number of nitrogens with one attached hydrogen (secondary N) is 2. The summed E-state index contributed by atoms with van der Waals surface area (Å²) in [5, 5.41) is 5.40. The summed E-state index contributed by atoms with van der Waals surface area (Å²) in [6.07, 6.45) is 3.83. The minimum absolute atomic E-state index is 0.0732. The van der Waals surface area contributed by atoms with E-state index < -0.39 is 17.8 Å². The maximum atomic E-state index is 13.0. The van der Waals surface area contributed by atoms with Crippen molar-refractivity contribution >= 4 is 35.3 Å². The number of benzene rings is 2. The maximum absolute atomic E-state index is 13.0. The Morgan fingerprint density at radius 2 is 1.94 bits per heavy atom. The fourth-order valence-corrected chi connectivity index (χ4v) is 5.39. The minimum atomic E-state index is -0.592. The van der Waals surface area contributed by atoms with Crippen LogP contribution in [0.5, 0.6) is 0 Å². The molecule has 1 atom stereocenters. The zero-order chi connectivity index (χ0) is 26.2. The van der Waals surface area contributed by atoms with E-state index in [1.165, 1.54) is 11.3 Å². The van der Waals surface area contributed by atoms with Crippen LogP contribution in [0.25, 0.3) is 6.08 Å². The number of anilines is 2. The Bertz CT molecular complexity index is 1250. The molecule has 2 aliphatic rings. The molecular formula is C29H36N4O3. The van der Waals surface area contributed by atoms with Crippen LogP contribution in [0.2, 0.25) is 0 Å². The first-order valence-electron chi connectivity index (χ1n) is 12.6. The standard InChI is InChI=1S/C29H36N4O3/c1-7-11-33-25-13-19(3)21(14-23(25)20(4)16-29(33,5)6)15-24-27(35)32(28(36)31-24)17-26(34)30-22-10-8-9-18(2)12-22/h8-10,12-15,20H,7,11,16-17H2,1-6H3,(H,30,34)(H,31,36)/b24-15+. The molecule has 0 aliphatic carbocycles. The van der Waals surface area contributed by atoms with Gasteiger partial charge in [0.15, 0.2) is 0 Å². The van der Waals surface area contributed by atoms with Crippen molar-refractivity contribution in [1.29, 1.82) is 0 Å². The van der Waals surface area contributed by atoms with Crippen LogP contribution < -0.4 is 15.5 Å². The van der Waals surface area contributed by atoms with E-state index in [0.717, 1.165) is 41.0 Å². The third-order valence-corrected chi connectivity index (χ3v) is 7.09. The first-order chi connectivity index (χ1) is 17.0. The van der Waals surface area contributed by atoms with E-state index >= 15 is 0 Å². The Balaban J connectivity index is 1.56. The van der Waals surface area contributed by atoms with Crippen LogP contribution in [0.4, 0.5) is 16.2 Å². The van der Waals surface area contributed by atoms with E-state index in [9.17, 15) is 14.4 Å². The van der Waals surface area contributed by atoms with Gasteiger partial charge in [-0.25, -0.2) is 9.69 Å². The zero-order valence-electron chi connectivity index (χ0n) is 22.1. The predicted molar refractivity (Wildman–Crippen MR) is 144 cm³/mol. The molecule has 2 heterocycles. The van der Waals surface area contributed by atoms with E-state index in [0.29, 0.717) is 11.6 Å². The number of amides is 4. The number of fused-ring (bicyclic) bond motifs is 1. The molecule has 0 spiro atoms. The normalized spacial score (nSPS) is 19.9. The van der Waals surface area contributed by atoms with Crippen LogP contribution in [0.1, 0.15) is 68.7 Å². The van der Waals surface area contributed by atoms with Crippen molar-refractivity contribution in [2.24, 2.45) is 0 Å². The van der Waals surface area contributed by atoms with Gasteiger partial charge in [0.25, 0.3) is 5.91 Å². The van der Waals surface area contributed by atoms with Crippen molar-refractivity contribution in [3.8, 4) is 0 Å². The largest absolute Gasteiger partial charge is 0.366 e. The third kappa shape index (κ3) is 5.01. The number of hydrogen-bond acceptors (Lipinski definition) is 4. The molecule has 1 unspecified atom stereocenters. The lowest BCUT2D eigenvalue weighted by atomic mass is 9.79. The second kappa shape index (κ2) is 9.80. The molecule has 2 N–H and O–H groups in total. The van der Waals surface area contributed by atoms with Gasteiger partial charge in [0.1, 0.15) is 12.2 Å². The summed E-state index contributed by atoms with van der Waals surface area (Å²) in [4.78, 5) is 41.5. The monoisotopic (exact) mass is 488 g/mol. The van der Waals surface area contributed by atoms with Gasteiger partial charge in [0.2, 0.25) is 5.91 Å². The Morgan fingerprint density at radius 3 is 2.64 bits per heavy atom. The quantitative estimate of drug-likeness (QED) is 0.425. The molecule has 4 rings (SSSR count). The first-order valence-corrected chi connectivity index (χ1v) is 12.6. The van der Waals surface area contributed by atoms with Gasteiger partial charge < -0.3 is 15.5 Å². The highest BCUT2D eigenvalue weighted by Crippen LogP contribution is 2.44. The number of imide groups is 1. The van der Waals surface area contributed by atoms with Crippen molar-refractivity contribution in [2.75, 3.05) is 23.3 Å². The lowest BCUT2D eigenvalue weighted by Gasteiger charge is -2.48. The van der Waals surface area contributed by atoms with E-state index in [2.05, 4.69) is 55.4 Å². The van der Waals surface area contributed by atoms with Crippen molar-refractivity contribution in [3.63, 3.8) is 0 Å². The molecule has 7 heteroatoms. The molecule has 0 bridgehead atoms. The van der Waals surface area contributed by atoms with Gasteiger partial charge in [0, 0.05) is 23.5 Å². The summed E-state index contributed by atoms with van der Waals surface area (Å²) in [6, 6.07) is 11.1. The number of aryl methyl sites for hydroxylation is 2. The Labute approximate surface area is 213 Å². The average molecular weight is 489 g/mol. The zero-order valence-corrected chi connectivity index (χ0v) is 22.1. The SMILES string of the molecule is CCCN1c2cc(C)c(/C=C3/NC(=O)N(CC(=O)Nc4cccc(C)c4)C3=O)cc2C(C)CC1(C)C. The van der Waals surface area contributed by atoms with Gasteiger partial charge in [-0.2, -0.15) is 0 Å². The van der Waals surface area contributed by atoms with Crippen LogP contribution in [0.3, 0.4) is 0 Å². The van der Waals surface area contributed by atoms with Crippen molar-refractivity contribution in [2.45, 2.75) is 65.8 Å². The molecule has 4 amide bonds. The average Bonchev–Trinajstić information content (AvgIpc) is 3.04. The third-order valence-electron chi connectivity index (χ3n) is 7.09. The highest BCUT2D eigenvalue weighted by Gasteiger charge is 2.37. The van der Waals surface area contributed by atoms with Crippen molar-refractivity contribution in [3.05, 3.63) is 64.3 Å². The van der Waals surface area contributed by atoms with E-state index in [-0.39, 0.29) is 17.8 Å². The molecule has 2 aromatic carbocycles. The predicted octanol–water partition coefficient (Wildman–Crippen LogP) is 5.34. The van der Waals surface area contributed by atoms with Gasteiger partial charge in [0.05, 0.1) is 0 Å². The van der Waals surface area contributed by atoms with Crippen molar-refractivity contribution < 1.29 is 14.4 Å². The second-order valence-electron chi connectivity index (χ2n) is 10.6. The lowest BCUT2D eigenvalue weighted by molar-refractivity contribution is -0.127. The number of rotatable bonds is 6. The van der Waals surface area contributed by atoms with Gasteiger partial charge in [-0.05, 0) is 99.0 Å². The van der Waals surface area contributed by atoms with Gasteiger partial charge >= 0.3 is 6.03 Å². The number of nitrogens with zero attached hydrogens (tertiary/aromatic N) is 2. The van der Waals surface area contributed by atoms with Crippen LogP contribution in [0, 0.1) is 13.8 Å². The summed E-state index contributed by atoms with van der Waals surface area (Å²) < 4.78 is 0. The summed E-state index contributed by atoms with van der Waals surface area (Å²) in [7, 11) is 0. The summed E-state index contributed by atoms with van der Waals surface area (Å²) in [6.45, 7) is 13.6. The van der Waals surface area contributed by atoms with Crippen LogP contribution in [-0.2, 0) is 9.59 Å². The molecule has 0 aromatic heterocycles. The second-order valence-corrected chi connectivity index (χ2v) is 10.6. The Kier molecular flexibility index (Phi) is 6.94. The van der Waals surface area contributed by atoms with Crippen LogP contribution in [0.15, 0.2) is 42.1 Å². The molecular weight excluding hydrogens is 452 g/mol. The molecule has 7 nitrogen and oxygen atoms in total. The van der Waals surface area contributed by atoms with Gasteiger partial charge in [-0.15, -0.1) is 0 Å². The van der Waals surface area contributed by atoms with Gasteiger partial charge in [-0.3, -0.25) is 9.59 Å². The minimum Gasteiger partial charge on any atom is -0.366 e. The summed E-state index contributed by atoms with van der Waals surface area (Å²) in [5.74, 6) is -0.558. The Morgan fingerprint density at radius 1 is 1.19 bits per heavy atom. The van der Waals surface area contributed by atoms with Crippen LogP contribution >= 0.6 is 0 Å². The fraction of sp³-hybridized carbons (Fsp3) is 0.414. The number of carbonyl (C=O) groups is 3. The molecule has 0 radical (unpaired) electrons. The van der Waals surface area contributed by atoms with Crippen molar-refractivity contribution in [1.82, 2.24) is 10.2 Å². The van der Waals surface area contributed by atoms with E-state index in [1.54, 1.807) is 12.1 Å². The molecule has 2 aromatic rings. The molecule has 0 saturated carbocycles. The van der Waals surface area contributed by atoms with Crippen LogP contribution in [-0.4, -0.2) is 41.4 Å². The fourth-order valence-electron chi connectivity index (χ4n) is 5.39. The lowest BCUT2D eigenvalue weighted by Crippen LogP contribution is -2.48. The molecule has 36 heavy (non-hydrogen) atoms. The Hall–Kier alpha value is -3.61. The molecule has 1 saturated heterocycles. The topological polar surface area (TPSA) is 81.8 Å². The number of hydrogen-bond donors (Lipinski definition) is 2. The maximum Gasteiger partial charge on any atom is 0.329 e. The summed E-state index contributed by atoms with van der Waals surface area (Å²) in [5.41, 5.74) is 6.31. The van der Waals surface area contributed by atoms with Gasteiger partial charge in [-0.1, -0.05) is 26.0 Å². The van der Waals surface area contributed by atoms with E-state index in [1.807, 2.05) is 32.0 Å². The number of carbonyl (C=O) groups excluding carboxylic acids is 3.